The highest BCUT2D eigenvalue weighted by atomic mass is 14.5. The van der Waals surface area contributed by atoms with Crippen molar-refractivity contribution in [3.05, 3.63) is 0 Å². The van der Waals surface area contributed by atoms with E-state index in [1.807, 2.05) is 0 Å². The first kappa shape index (κ1) is 7.52. The minimum Gasteiger partial charge on any atom is -0.320 e. The Bertz CT molecular complexity index is 109. The second-order valence-corrected chi connectivity index (χ2v) is 2.76. The third kappa shape index (κ3) is 5.52. The summed E-state index contributed by atoms with van der Waals surface area (Å²) in [7, 11) is 0. The number of rotatable bonds is 0. The summed E-state index contributed by atoms with van der Waals surface area (Å²) in [5, 5.41) is 0. The predicted molar refractivity (Wildman–Crippen MR) is 36.3 cm³/mol. The fourth-order valence-corrected chi connectivity index (χ4v) is 0.316. The van der Waals surface area contributed by atoms with Crippen LogP contribution >= 0.6 is 0 Å². The molecule has 0 atom stereocenters. The van der Waals surface area contributed by atoms with E-state index in [9.17, 15) is 0 Å². The topological polar surface area (TPSA) is 26.0 Å². The van der Waals surface area contributed by atoms with Crippen LogP contribution in [0.1, 0.15) is 20.8 Å². The maximum Gasteiger partial charge on any atom is 0.0551 e. The monoisotopic (exact) mass is 111 g/mol. The summed E-state index contributed by atoms with van der Waals surface area (Å²) in [5.74, 6) is 5.81. The van der Waals surface area contributed by atoms with E-state index in [4.69, 9.17) is 5.73 Å². The maximum absolute atomic E-state index is 5.16. The minimum atomic E-state index is 0.110. The summed E-state index contributed by atoms with van der Waals surface area (Å²) in [6, 6.07) is 0. The van der Waals surface area contributed by atoms with E-state index in [1.54, 1.807) is 0 Å². The summed E-state index contributed by atoms with van der Waals surface area (Å²) in [6.45, 7) is 6.66. The molecule has 0 aliphatic rings. The summed E-state index contributed by atoms with van der Waals surface area (Å²) in [4.78, 5) is 0. The molecular weight excluding hydrogens is 98.1 g/mol. The Balaban J connectivity index is 3.69. The van der Waals surface area contributed by atoms with Crippen LogP contribution in [-0.4, -0.2) is 6.54 Å². The van der Waals surface area contributed by atoms with E-state index in [0.29, 0.717) is 6.54 Å². The van der Waals surface area contributed by atoms with Gasteiger partial charge in [-0.25, -0.2) is 0 Å². The van der Waals surface area contributed by atoms with Crippen LogP contribution in [0.15, 0.2) is 0 Å². The van der Waals surface area contributed by atoms with E-state index >= 15 is 0 Å². The van der Waals surface area contributed by atoms with Crippen LogP contribution in [0.5, 0.6) is 0 Å². The lowest BCUT2D eigenvalue weighted by Crippen LogP contribution is -2.02. The summed E-state index contributed by atoms with van der Waals surface area (Å²) in [5.41, 5.74) is 5.27. The Morgan fingerprint density at radius 3 is 2.00 bits per heavy atom. The molecule has 0 saturated carbocycles. The molecule has 0 amide bonds. The summed E-state index contributed by atoms with van der Waals surface area (Å²) >= 11 is 0. The van der Waals surface area contributed by atoms with Gasteiger partial charge in [-0.1, -0.05) is 11.8 Å². The van der Waals surface area contributed by atoms with Gasteiger partial charge in [-0.05, 0) is 20.8 Å². The van der Waals surface area contributed by atoms with Crippen molar-refractivity contribution >= 4 is 0 Å². The van der Waals surface area contributed by atoms with Gasteiger partial charge < -0.3 is 5.73 Å². The molecule has 0 bridgehead atoms. The number of nitrogens with two attached hydrogens (primary N) is 1. The molecule has 8 heavy (non-hydrogen) atoms. The first-order valence-corrected chi connectivity index (χ1v) is 2.76. The molecule has 0 unspecified atom stereocenters. The third-order valence-electron chi connectivity index (χ3n) is 0.565. The van der Waals surface area contributed by atoms with Gasteiger partial charge in [0.25, 0.3) is 0 Å². The predicted octanol–water partition coefficient (Wildman–Crippen LogP) is 0.995. The zero-order chi connectivity index (χ0) is 6.62. The molecule has 0 spiro atoms. The molecule has 46 valence electrons. The molecule has 2 N–H and O–H groups in total. The van der Waals surface area contributed by atoms with Crippen LogP contribution < -0.4 is 5.73 Å². The van der Waals surface area contributed by atoms with Crippen LogP contribution in [0.3, 0.4) is 0 Å². The summed E-state index contributed by atoms with van der Waals surface area (Å²) in [6.07, 6.45) is 0. The van der Waals surface area contributed by atoms with Crippen LogP contribution in [-0.2, 0) is 0 Å². The highest BCUT2D eigenvalue weighted by molar-refractivity contribution is 5.07. The van der Waals surface area contributed by atoms with Gasteiger partial charge in [0.1, 0.15) is 0 Å². The molecule has 0 aromatic carbocycles. The molecule has 1 nitrogen and oxygen atoms in total. The second kappa shape index (κ2) is 2.74. The quantitative estimate of drug-likeness (QED) is 0.463. The molecule has 0 heterocycles. The van der Waals surface area contributed by atoms with Gasteiger partial charge in [-0.2, -0.15) is 0 Å². The van der Waals surface area contributed by atoms with E-state index < -0.39 is 0 Å². The molecular formula is C7H13N. The fraction of sp³-hybridized carbons (Fsp3) is 0.714. The molecule has 0 aliphatic heterocycles. The number of hydrogen-bond donors (Lipinski definition) is 1. The molecule has 0 fully saturated rings. The van der Waals surface area contributed by atoms with Gasteiger partial charge in [0.2, 0.25) is 0 Å². The van der Waals surface area contributed by atoms with Crippen molar-refractivity contribution in [2.24, 2.45) is 11.1 Å². The maximum atomic E-state index is 5.16. The Labute approximate surface area is 51.3 Å². The molecule has 0 aromatic heterocycles. The lowest BCUT2D eigenvalue weighted by atomic mass is 9.98. The van der Waals surface area contributed by atoms with Crippen molar-refractivity contribution in [1.82, 2.24) is 0 Å². The third-order valence-corrected chi connectivity index (χ3v) is 0.565. The van der Waals surface area contributed by atoms with Crippen LogP contribution in [0.2, 0.25) is 0 Å². The Kier molecular flexibility index (Phi) is 2.57. The smallest absolute Gasteiger partial charge is 0.0551 e. The second-order valence-electron chi connectivity index (χ2n) is 2.76. The summed E-state index contributed by atoms with van der Waals surface area (Å²) < 4.78 is 0. The lowest BCUT2D eigenvalue weighted by molar-refractivity contribution is 0.570. The SMILES string of the molecule is CC(C)(C)C#CCN. The highest BCUT2D eigenvalue weighted by Crippen LogP contribution is 2.09. The van der Waals surface area contributed by atoms with Crippen LogP contribution in [0, 0.1) is 17.3 Å². The fourth-order valence-electron chi connectivity index (χ4n) is 0.316. The first-order valence-electron chi connectivity index (χ1n) is 2.76. The molecule has 0 rings (SSSR count). The number of hydrogen-bond acceptors (Lipinski definition) is 1. The average Bonchev–Trinajstić information content (AvgIpc) is 1.59. The molecule has 1 heteroatoms. The standard InChI is InChI=1S/C7H13N/c1-7(2,3)5-4-6-8/h6,8H2,1-3H3. The molecule has 0 aromatic rings. The van der Waals surface area contributed by atoms with Gasteiger partial charge in [-0.15, -0.1) is 0 Å². The van der Waals surface area contributed by atoms with Crippen molar-refractivity contribution in [1.29, 1.82) is 0 Å². The zero-order valence-corrected chi connectivity index (χ0v) is 5.78. The normalized spacial score (nSPS) is 10.0. The van der Waals surface area contributed by atoms with E-state index in [0.717, 1.165) is 0 Å². The van der Waals surface area contributed by atoms with Gasteiger partial charge in [0, 0.05) is 5.41 Å². The zero-order valence-electron chi connectivity index (χ0n) is 5.78. The Morgan fingerprint density at radius 1 is 1.38 bits per heavy atom. The van der Waals surface area contributed by atoms with E-state index in [2.05, 4.69) is 32.6 Å². The van der Waals surface area contributed by atoms with E-state index in [-0.39, 0.29) is 5.41 Å². The largest absolute Gasteiger partial charge is 0.320 e. The highest BCUT2D eigenvalue weighted by Gasteiger charge is 2.01. The molecule has 0 saturated heterocycles. The van der Waals surface area contributed by atoms with Crippen molar-refractivity contribution < 1.29 is 0 Å². The molecule has 0 aliphatic carbocycles. The van der Waals surface area contributed by atoms with Gasteiger partial charge in [0.15, 0.2) is 0 Å². The molecule has 0 radical (unpaired) electrons. The van der Waals surface area contributed by atoms with Crippen molar-refractivity contribution in [3.63, 3.8) is 0 Å². The minimum absolute atomic E-state index is 0.110. The van der Waals surface area contributed by atoms with E-state index in [1.165, 1.54) is 0 Å². The van der Waals surface area contributed by atoms with Gasteiger partial charge in [-0.3, -0.25) is 0 Å². The van der Waals surface area contributed by atoms with Crippen molar-refractivity contribution in [2.45, 2.75) is 20.8 Å². The van der Waals surface area contributed by atoms with Gasteiger partial charge in [0.05, 0.1) is 6.54 Å². The van der Waals surface area contributed by atoms with Crippen molar-refractivity contribution in [2.75, 3.05) is 6.54 Å². The van der Waals surface area contributed by atoms with Gasteiger partial charge >= 0.3 is 0 Å². The lowest BCUT2D eigenvalue weighted by Gasteiger charge is -2.06. The Hall–Kier alpha value is -0.480. The Morgan fingerprint density at radius 2 is 1.88 bits per heavy atom. The van der Waals surface area contributed by atoms with Crippen LogP contribution in [0.25, 0.3) is 0 Å². The average molecular weight is 111 g/mol. The first-order chi connectivity index (χ1) is 3.56. The van der Waals surface area contributed by atoms with Crippen molar-refractivity contribution in [3.8, 4) is 11.8 Å². The van der Waals surface area contributed by atoms with Crippen LogP contribution in [0.4, 0.5) is 0 Å².